The van der Waals surface area contributed by atoms with Crippen molar-refractivity contribution >= 4 is 45.5 Å². The maximum Gasteiger partial charge on any atom is 0.324 e. The van der Waals surface area contributed by atoms with E-state index in [-0.39, 0.29) is 16.9 Å². The van der Waals surface area contributed by atoms with Crippen LogP contribution >= 0.6 is 11.8 Å². The number of hydrogen-bond acceptors (Lipinski definition) is 9. The van der Waals surface area contributed by atoms with E-state index in [0.717, 1.165) is 16.7 Å². The molecule has 25 heavy (non-hydrogen) atoms. The Balaban J connectivity index is 2.06. The summed E-state index contributed by atoms with van der Waals surface area (Å²) in [6.45, 7) is 2.51. The first kappa shape index (κ1) is 16.5. The number of fused-ring (bicyclic) bond motifs is 1. The summed E-state index contributed by atoms with van der Waals surface area (Å²) in [5.41, 5.74) is 1.66. The predicted octanol–water partition coefficient (Wildman–Crippen LogP) is 3.88. The lowest BCUT2D eigenvalue weighted by atomic mass is 10.2. The van der Waals surface area contributed by atoms with Gasteiger partial charge in [-0.25, -0.2) is 4.63 Å². The molecule has 0 saturated heterocycles. The van der Waals surface area contributed by atoms with Crippen LogP contribution in [0, 0.1) is 20.8 Å². The summed E-state index contributed by atoms with van der Waals surface area (Å²) in [7, 11) is 0. The molecule has 0 atom stereocenters. The third-order valence-corrected chi connectivity index (χ3v) is 3.96. The number of nitriles is 1. The molecule has 2 aromatic carbocycles. The van der Waals surface area contributed by atoms with Gasteiger partial charge in [0.05, 0.1) is 10.6 Å². The van der Waals surface area contributed by atoms with E-state index in [1.165, 1.54) is 0 Å². The van der Waals surface area contributed by atoms with Gasteiger partial charge in [0.15, 0.2) is 5.52 Å². The minimum absolute atomic E-state index is 0.0719. The normalized spacial score (nSPS) is 10.4. The fraction of sp³-hybridized carbons (Fsp3) is 0.133. The Kier molecular flexibility index (Phi) is 4.67. The van der Waals surface area contributed by atoms with Crippen LogP contribution < -0.4 is 10.6 Å². The van der Waals surface area contributed by atoms with Crippen LogP contribution in [-0.4, -0.2) is 21.8 Å². The highest BCUT2D eigenvalue weighted by Crippen LogP contribution is 2.38. The molecule has 0 amide bonds. The summed E-state index contributed by atoms with van der Waals surface area (Å²) < 4.78 is 4.68. The van der Waals surface area contributed by atoms with Gasteiger partial charge >= 0.3 is 5.69 Å². The highest BCUT2D eigenvalue weighted by Gasteiger charge is 2.25. The molecule has 3 rings (SSSR count). The molecule has 1 heterocycles. The van der Waals surface area contributed by atoms with Gasteiger partial charge in [-0.3, -0.25) is 10.1 Å². The van der Waals surface area contributed by atoms with Crippen molar-refractivity contribution in [2.75, 3.05) is 17.2 Å². The summed E-state index contributed by atoms with van der Waals surface area (Å²) in [5, 5.41) is 35.7. The second-order valence-corrected chi connectivity index (χ2v) is 5.77. The SMILES string of the molecule is CCNc1cc(Nc2ccc(SC#N)cc2)c([N+](=O)[O-])c2nonc12. The van der Waals surface area contributed by atoms with Gasteiger partial charge in [-0.05, 0) is 59.3 Å². The average Bonchev–Trinajstić information content (AvgIpc) is 3.06. The van der Waals surface area contributed by atoms with Crippen LogP contribution in [-0.2, 0) is 0 Å². The first-order valence-electron chi connectivity index (χ1n) is 7.24. The summed E-state index contributed by atoms with van der Waals surface area (Å²) in [6, 6.07) is 8.59. The Bertz CT molecular complexity index is 964. The predicted molar refractivity (Wildman–Crippen MR) is 93.8 cm³/mol. The number of nitrogens with zero attached hydrogens (tertiary/aromatic N) is 4. The molecule has 126 valence electrons. The van der Waals surface area contributed by atoms with E-state index in [4.69, 9.17) is 5.26 Å². The van der Waals surface area contributed by atoms with E-state index >= 15 is 0 Å². The van der Waals surface area contributed by atoms with Crippen molar-refractivity contribution in [3.63, 3.8) is 0 Å². The molecule has 0 unspecified atom stereocenters. The van der Waals surface area contributed by atoms with Gasteiger partial charge in [-0.1, -0.05) is 0 Å². The fourth-order valence-corrected chi connectivity index (χ4v) is 2.73. The number of anilines is 3. The highest BCUT2D eigenvalue weighted by atomic mass is 32.2. The molecule has 0 saturated carbocycles. The van der Waals surface area contributed by atoms with Crippen LogP contribution in [0.25, 0.3) is 11.0 Å². The lowest BCUT2D eigenvalue weighted by Crippen LogP contribution is -2.03. The van der Waals surface area contributed by atoms with Gasteiger partial charge in [-0.15, -0.1) is 0 Å². The van der Waals surface area contributed by atoms with Crippen molar-refractivity contribution in [1.82, 2.24) is 10.3 Å². The second-order valence-electron chi connectivity index (χ2n) is 4.91. The van der Waals surface area contributed by atoms with Crippen molar-refractivity contribution in [3.8, 4) is 5.40 Å². The standard InChI is InChI=1S/C15H12N6O3S/c1-2-17-11-7-12(15(21(22)23)14-13(11)19-24-20-14)18-9-3-5-10(6-4-9)25-8-16/h3-7,17-18H,2H2,1H3. The largest absolute Gasteiger partial charge is 0.383 e. The molecule has 2 N–H and O–H groups in total. The van der Waals surface area contributed by atoms with Gasteiger partial charge in [0.2, 0.25) is 5.52 Å². The Morgan fingerprint density at radius 2 is 2.00 bits per heavy atom. The van der Waals surface area contributed by atoms with Gasteiger partial charge in [0.1, 0.15) is 11.1 Å². The zero-order valence-corrected chi connectivity index (χ0v) is 13.8. The Labute approximate surface area is 146 Å². The highest BCUT2D eigenvalue weighted by molar-refractivity contribution is 8.03. The van der Waals surface area contributed by atoms with Crippen LogP contribution in [0.4, 0.5) is 22.7 Å². The Morgan fingerprint density at radius 1 is 1.28 bits per heavy atom. The van der Waals surface area contributed by atoms with Crippen LogP contribution in [0.5, 0.6) is 0 Å². The maximum atomic E-state index is 11.5. The molecule has 0 bridgehead atoms. The number of thiocyanates is 1. The van der Waals surface area contributed by atoms with Crippen LogP contribution in [0.15, 0.2) is 39.9 Å². The molecular formula is C15H12N6O3S. The van der Waals surface area contributed by atoms with Crippen molar-refractivity contribution < 1.29 is 9.55 Å². The van der Waals surface area contributed by atoms with Crippen LogP contribution in [0.3, 0.4) is 0 Å². The minimum atomic E-state index is -0.523. The Morgan fingerprint density at radius 3 is 2.64 bits per heavy atom. The quantitative estimate of drug-likeness (QED) is 0.292. The fourth-order valence-electron chi connectivity index (χ4n) is 2.35. The molecule has 0 aliphatic rings. The zero-order valence-electron chi connectivity index (χ0n) is 13.0. The van der Waals surface area contributed by atoms with Crippen molar-refractivity contribution in [2.24, 2.45) is 0 Å². The molecule has 0 aliphatic carbocycles. The third kappa shape index (κ3) is 3.31. The van der Waals surface area contributed by atoms with E-state index in [1.54, 1.807) is 30.3 Å². The summed E-state index contributed by atoms with van der Waals surface area (Å²) in [5.74, 6) is 0. The van der Waals surface area contributed by atoms with Crippen LogP contribution in [0.2, 0.25) is 0 Å². The van der Waals surface area contributed by atoms with Crippen molar-refractivity contribution in [2.45, 2.75) is 11.8 Å². The number of hydrogen-bond donors (Lipinski definition) is 2. The Hall–Kier alpha value is -3.32. The molecule has 0 fully saturated rings. The molecular weight excluding hydrogens is 344 g/mol. The monoisotopic (exact) mass is 356 g/mol. The van der Waals surface area contributed by atoms with E-state index < -0.39 is 4.92 Å². The first-order valence-corrected chi connectivity index (χ1v) is 8.06. The van der Waals surface area contributed by atoms with E-state index in [9.17, 15) is 10.1 Å². The van der Waals surface area contributed by atoms with Crippen molar-refractivity contribution in [1.29, 1.82) is 5.26 Å². The summed E-state index contributed by atoms with van der Waals surface area (Å²) >= 11 is 1.04. The molecule has 0 radical (unpaired) electrons. The van der Waals surface area contributed by atoms with Gasteiger partial charge in [-0.2, -0.15) is 5.26 Å². The number of nitro benzene ring substituents is 1. The number of nitrogens with one attached hydrogen (secondary N) is 2. The smallest absolute Gasteiger partial charge is 0.324 e. The molecule has 1 aromatic heterocycles. The lowest BCUT2D eigenvalue weighted by molar-refractivity contribution is -0.382. The van der Waals surface area contributed by atoms with E-state index in [2.05, 4.69) is 25.6 Å². The average molecular weight is 356 g/mol. The maximum absolute atomic E-state index is 11.5. The third-order valence-electron chi connectivity index (χ3n) is 3.36. The number of rotatable bonds is 6. The number of thioether (sulfide) groups is 1. The molecule has 9 nitrogen and oxygen atoms in total. The minimum Gasteiger partial charge on any atom is -0.383 e. The summed E-state index contributed by atoms with van der Waals surface area (Å²) in [4.78, 5) is 11.8. The molecule has 0 aliphatic heterocycles. The molecule has 3 aromatic rings. The topological polar surface area (TPSA) is 130 Å². The first-order chi connectivity index (χ1) is 12.1. The van der Waals surface area contributed by atoms with E-state index in [0.29, 0.717) is 23.4 Å². The number of benzene rings is 2. The lowest BCUT2D eigenvalue weighted by Gasteiger charge is -2.10. The zero-order chi connectivity index (χ0) is 17.8. The molecule has 10 heteroatoms. The number of nitro groups is 1. The van der Waals surface area contributed by atoms with Gasteiger partial charge < -0.3 is 10.6 Å². The number of aromatic nitrogens is 2. The second kappa shape index (κ2) is 7.06. The van der Waals surface area contributed by atoms with E-state index in [1.807, 2.05) is 12.3 Å². The van der Waals surface area contributed by atoms with Gasteiger partial charge in [0.25, 0.3) is 0 Å². The van der Waals surface area contributed by atoms with Gasteiger partial charge in [0, 0.05) is 17.1 Å². The van der Waals surface area contributed by atoms with Crippen molar-refractivity contribution in [3.05, 3.63) is 40.4 Å². The molecule has 0 spiro atoms. The summed E-state index contributed by atoms with van der Waals surface area (Å²) in [6.07, 6.45) is 0. The van der Waals surface area contributed by atoms with Crippen LogP contribution in [0.1, 0.15) is 6.92 Å².